The van der Waals surface area contributed by atoms with Crippen LogP contribution in [0.25, 0.3) is 0 Å². The topological polar surface area (TPSA) is 108 Å². The Hall–Kier alpha value is -3.68. The number of aryl methyl sites for hydroxylation is 1. The van der Waals surface area contributed by atoms with Crippen molar-refractivity contribution < 1.29 is 27.5 Å². The zero-order chi connectivity index (χ0) is 22.9. The number of halogens is 3. The SMILES string of the molecule is CCCCn1cc(NC(=O)Nc2ccc(OC(F)(F)F)cc2)cc1C(=O)NCCC#N. The van der Waals surface area contributed by atoms with Crippen LogP contribution in [-0.2, 0) is 6.54 Å². The molecule has 0 saturated carbocycles. The lowest BCUT2D eigenvalue weighted by Gasteiger charge is -2.10. The van der Waals surface area contributed by atoms with Gasteiger partial charge in [-0.1, -0.05) is 13.3 Å². The number of nitrogens with one attached hydrogen (secondary N) is 3. The second-order valence-electron chi connectivity index (χ2n) is 6.48. The zero-order valence-corrected chi connectivity index (χ0v) is 16.8. The normalized spacial score (nSPS) is 10.8. The molecule has 2 aromatic rings. The molecule has 3 amide bonds. The van der Waals surface area contributed by atoms with Crippen molar-refractivity contribution in [3.05, 3.63) is 42.2 Å². The van der Waals surface area contributed by atoms with Crippen molar-refractivity contribution >= 4 is 23.3 Å². The predicted octanol–water partition coefficient (Wildman–Crippen LogP) is 4.47. The van der Waals surface area contributed by atoms with Gasteiger partial charge in [-0.3, -0.25) is 4.79 Å². The first kappa shape index (κ1) is 23.6. The lowest BCUT2D eigenvalue weighted by Crippen LogP contribution is -2.26. The summed E-state index contributed by atoms with van der Waals surface area (Å²) in [6.07, 6.45) is -1.26. The quantitative estimate of drug-likeness (QED) is 0.503. The molecule has 0 aliphatic carbocycles. The van der Waals surface area contributed by atoms with Crippen LogP contribution in [0.3, 0.4) is 0 Å². The average molecular weight is 437 g/mol. The summed E-state index contributed by atoms with van der Waals surface area (Å²) >= 11 is 0. The second kappa shape index (κ2) is 10.9. The van der Waals surface area contributed by atoms with E-state index < -0.39 is 18.1 Å². The number of nitriles is 1. The fourth-order valence-electron chi connectivity index (χ4n) is 2.64. The molecule has 3 N–H and O–H groups in total. The van der Waals surface area contributed by atoms with Crippen LogP contribution < -0.4 is 20.7 Å². The Kier molecular flexibility index (Phi) is 8.31. The lowest BCUT2D eigenvalue weighted by molar-refractivity contribution is -0.274. The minimum Gasteiger partial charge on any atom is -0.406 e. The number of carbonyl (C=O) groups excluding carboxylic acids is 2. The van der Waals surface area contributed by atoms with E-state index >= 15 is 0 Å². The zero-order valence-electron chi connectivity index (χ0n) is 16.8. The third kappa shape index (κ3) is 7.93. The number of rotatable bonds is 9. The Morgan fingerprint density at radius 2 is 1.84 bits per heavy atom. The highest BCUT2D eigenvalue weighted by Gasteiger charge is 2.31. The summed E-state index contributed by atoms with van der Waals surface area (Å²) in [7, 11) is 0. The molecule has 0 radical (unpaired) electrons. The van der Waals surface area contributed by atoms with Crippen LogP contribution in [0.15, 0.2) is 36.5 Å². The van der Waals surface area contributed by atoms with E-state index in [-0.39, 0.29) is 24.6 Å². The van der Waals surface area contributed by atoms with Gasteiger partial charge in [0.1, 0.15) is 11.4 Å². The molecular formula is C20H22F3N5O3. The van der Waals surface area contributed by atoms with Crippen LogP contribution in [0, 0.1) is 11.3 Å². The Balaban J connectivity index is 2.03. The molecule has 8 nitrogen and oxygen atoms in total. The second-order valence-corrected chi connectivity index (χ2v) is 6.48. The largest absolute Gasteiger partial charge is 0.573 e. The van der Waals surface area contributed by atoms with Gasteiger partial charge in [-0.05, 0) is 36.8 Å². The first-order valence-corrected chi connectivity index (χ1v) is 9.51. The van der Waals surface area contributed by atoms with Gasteiger partial charge < -0.3 is 25.3 Å². The maximum atomic E-state index is 12.4. The number of nitrogens with zero attached hydrogens (tertiary/aromatic N) is 2. The van der Waals surface area contributed by atoms with E-state index in [0.29, 0.717) is 17.9 Å². The molecule has 0 atom stereocenters. The van der Waals surface area contributed by atoms with E-state index in [1.165, 1.54) is 18.2 Å². The summed E-state index contributed by atoms with van der Waals surface area (Å²) in [5.41, 5.74) is 0.971. The van der Waals surface area contributed by atoms with Crippen LogP contribution in [0.1, 0.15) is 36.7 Å². The summed E-state index contributed by atoms with van der Waals surface area (Å²) in [6, 6.07) is 7.51. The molecule has 0 spiro atoms. The van der Waals surface area contributed by atoms with E-state index in [2.05, 4.69) is 20.7 Å². The molecule has 1 heterocycles. The first-order valence-electron chi connectivity index (χ1n) is 9.51. The highest BCUT2D eigenvalue weighted by molar-refractivity contribution is 6.01. The number of urea groups is 1. The van der Waals surface area contributed by atoms with Crippen LogP contribution in [0.2, 0.25) is 0 Å². The standard InChI is InChI=1S/C20H22F3N5O3/c1-2-3-11-28-13-15(12-17(28)18(29)25-10-4-9-24)27-19(30)26-14-5-7-16(8-6-14)31-20(21,22)23/h5-8,12-13H,2-4,10-11H2,1H3,(H,25,29)(H2,26,27,30). The summed E-state index contributed by atoms with van der Waals surface area (Å²) in [5, 5.41) is 16.3. The summed E-state index contributed by atoms with van der Waals surface area (Å²) in [4.78, 5) is 24.6. The van der Waals surface area contributed by atoms with Crippen molar-refractivity contribution in [3.63, 3.8) is 0 Å². The molecule has 0 aliphatic rings. The monoisotopic (exact) mass is 437 g/mol. The number of benzene rings is 1. The molecular weight excluding hydrogens is 415 g/mol. The van der Waals surface area contributed by atoms with Gasteiger partial charge in [-0.25, -0.2) is 4.79 Å². The summed E-state index contributed by atoms with van der Waals surface area (Å²) < 4.78 is 42.1. The van der Waals surface area contributed by atoms with E-state index in [1.54, 1.807) is 10.8 Å². The minimum absolute atomic E-state index is 0.182. The highest BCUT2D eigenvalue weighted by Crippen LogP contribution is 2.24. The number of alkyl halides is 3. The molecule has 0 unspecified atom stereocenters. The first-order chi connectivity index (χ1) is 14.7. The van der Waals surface area contributed by atoms with Crippen LogP contribution in [-0.4, -0.2) is 29.4 Å². The Morgan fingerprint density at radius 1 is 1.16 bits per heavy atom. The fraction of sp³-hybridized carbons (Fsp3) is 0.350. The maximum absolute atomic E-state index is 12.4. The Labute approximate surface area is 177 Å². The average Bonchev–Trinajstić information content (AvgIpc) is 3.09. The van der Waals surface area contributed by atoms with E-state index in [4.69, 9.17) is 5.26 Å². The van der Waals surface area contributed by atoms with Crippen LogP contribution in [0.4, 0.5) is 29.3 Å². The van der Waals surface area contributed by atoms with Crippen molar-refractivity contribution in [2.24, 2.45) is 0 Å². The van der Waals surface area contributed by atoms with Crippen molar-refractivity contribution in [2.75, 3.05) is 17.2 Å². The smallest absolute Gasteiger partial charge is 0.406 e. The molecule has 11 heteroatoms. The lowest BCUT2D eigenvalue weighted by atomic mass is 10.3. The number of aromatic nitrogens is 1. The number of ether oxygens (including phenoxy) is 1. The van der Waals surface area contributed by atoms with Crippen molar-refractivity contribution in [2.45, 2.75) is 39.1 Å². The van der Waals surface area contributed by atoms with Gasteiger partial charge >= 0.3 is 12.4 Å². The molecule has 0 bridgehead atoms. The fourth-order valence-corrected chi connectivity index (χ4v) is 2.64. The van der Waals surface area contributed by atoms with Gasteiger partial charge in [0.2, 0.25) is 0 Å². The molecule has 0 aliphatic heterocycles. The maximum Gasteiger partial charge on any atom is 0.573 e. The molecule has 0 saturated heterocycles. The Morgan fingerprint density at radius 3 is 2.45 bits per heavy atom. The third-order valence-corrected chi connectivity index (χ3v) is 4.01. The van der Waals surface area contributed by atoms with Crippen molar-refractivity contribution in [1.29, 1.82) is 5.26 Å². The molecule has 31 heavy (non-hydrogen) atoms. The number of carbonyl (C=O) groups is 2. The third-order valence-electron chi connectivity index (χ3n) is 4.01. The summed E-state index contributed by atoms with van der Waals surface area (Å²) in [6.45, 7) is 2.79. The van der Waals surface area contributed by atoms with E-state index in [1.807, 2.05) is 13.0 Å². The minimum atomic E-state index is -4.80. The molecule has 2 rings (SSSR count). The number of hydrogen-bond donors (Lipinski definition) is 3. The van der Waals surface area contributed by atoms with Gasteiger partial charge in [0, 0.05) is 25.0 Å². The highest BCUT2D eigenvalue weighted by atomic mass is 19.4. The van der Waals surface area contributed by atoms with Gasteiger partial charge in [0.05, 0.1) is 18.2 Å². The van der Waals surface area contributed by atoms with Gasteiger partial charge in [0.15, 0.2) is 0 Å². The predicted molar refractivity (Wildman–Crippen MR) is 108 cm³/mol. The van der Waals surface area contributed by atoms with Crippen LogP contribution >= 0.6 is 0 Å². The van der Waals surface area contributed by atoms with E-state index in [0.717, 1.165) is 25.0 Å². The summed E-state index contributed by atoms with van der Waals surface area (Å²) in [5.74, 6) is -0.765. The number of unbranched alkanes of at least 4 members (excludes halogenated alkanes) is 1. The Bertz CT molecular complexity index is 933. The molecule has 1 aromatic heterocycles. The van der Waals surface area contributed by atoms with Gasteiger partial charge in [-0.15, -0.1) is 13.2 Å². The van der Waals surface area contributed by atoms with Gasteiger partial charge in [0.25, 0.3) is 5.91 Å². The molecule has 0 fully saturated rings. The van der Waals surface area contributed by atoms with Gasteiger partial charge in [-0.2, -0.15) is 5.26 Å². The number of hydrogen-bond acceptors (Lipinski definition) is 4. The number of anilines is 2. The van der Waals surface area contributed by atoms with E-state index in [9.17, 15) is 22.8 Å². The molecule has 1 aromatic carbocycles. The van der Waals surface area contributed by atoms with Crippen molar-refractivity contribution in [3.8, 4) is 11.8 Å². The van der Waals surface area contributed by atoms with Crippen LogP contribution in [0.5, 0.6) is 5.75 Å². The molecule has 166 valence electrons. The number of amides is 3. The van der Waals surface area contributed by atoms with Crippen molar-refractivity contribution in [1.82, 2.24) is 9.88 Å².